The molecule has 2 atom stereocenters. The van der Waals surface area contributed by atoms with Crippen LogP contribution in [0.5, 0.6) is 23.0 Å². The first kappa shape index (κ1) is 108. The Bertz CT molecular complexity index is 6610. The molecule has 0 N–H and O–H groups in total. The molecule has 0 radical (unpaired) electrons. The summed E-state index contributed by atoms with van der Waals surface area (Å²) in [6.45, 7) is 34.2. The summed E-state index contributed by atoms with van der Waals surface area (Å²) >= 11 is 3.60. The Hall–Kier alpha value is -12.6. The van der Waals surface area contributed by atoms with Gasteiger partial charge in [0.05, 0.1) is 118 Å². The number of pyridine rings is 4. The highest BCUT2D eigenvalue weighted by Crippen LogP contribution is 2.46. The van der Waals surface area contributed by atoms with Crippen molar-refractivity contribution in [3.05, 3.63) is 250 Å². The van der Waals surface area contributed by atoms with Crippen molar-refractivity contribution >= 4 is 112 Å². The standard InChI is InChI=1S/C32H39N5O3.C32H39N5O2.2C28H36N4O2S/c1-24-22-25-10-8-15-33-28(25)29(30(24)40-21-14-32(2,3)31(38)39-4)36-17-9-16-35(19-20-36)23-26-13-18-37(34-26)27-11-6-5-7-12-27;1-24-22-26-10-8-15-33-29(26)30(31(24)39-21-14-32(3,4)25(2)38)36-17-9-16-35(19-20-36)23-27-13-18-37(34-27)28-11-6-5-7-12-28;2*1-20(33)18-24(23-19-35-28(30-23)22-8-4-3-5-9-22)31-14-7-15-32(17-16-31)27-25(34-2)12-11-21-10-6-13-29-26(21)27/h5-8,10-13,15,18,22H,9,14,16-17,19-21,23H2,1-4H3;5-8,10-13,15,18,22H,9,14,16-17,19-21,23H2,1-4H3;2*6,10-13,19,22,24H,3-5,7-9,14-18H2,1-2H3. The molecule has 0 spiro atoms. The molecule has 29 heteroatoms. The molecule has 2 aliphatic carbocycles. The SMILES string of the molecule is CC(=O)C(C)(C)CCOc1c(C)cc2cccnc2c1N1CCCN(Cc2ccn(-c3ccccc3)n2)CC1.COC(=O)C(C)(C)CCOc1c(C)cc2cccnc2c1N1CCCN(Cc2ccn(-c3ccccc3)n2)CC1.COc1ccc2cccnc2c1N1CCCN(C(CC(C)=O)c2csc(C3CCCCC3)n2)CC1.COc1ccc2cccnc2c1N1CCCN(C(CC(C)=O)c2csc(C3CCCCC3)n2)CC1. The van der Waals surface area contributed by atoms with Crippen molar-refractivity contribution in [3.63, 3.8) is 0 Å². The fourth-order valence-electron chi connectivity index (χ4n) is 22.0. The van der Waals surface area contributed by atoms with E-state index >= 15 is 0 Å². The molecule has 2 unspecified atom stereocenters. The van der Waals surface area contributed by atoms with Gasteiger partial charge in [-0.3, -0.25) is 58.7 Å². The zero-order valence-corrected chi connectivity index (χ0v) is 91.0. The number of nitrogens with zero attached hydrogens (tertiary/aromatic N) is 18. The fourth-order valence-corrected chi connectivity index (χ4v) is 24.0. The molecule has 12 heterocycles. The normalized spacial score (nSPS) is 16.8. The van der Waals surface area contributed by atoms with Crippen molar-refractivity contribution in [2.24, 2.45) is 10.8 Å². The molecular formula is C120H150N18O9S2. The number of rotatable bonds is 32. The molecule has 8 aromatic heterocycles. The zero-order valence-electron chi connectivity index (χ0n) is 89.3. The van der Waals surface area contributed by atoms with Crippen molar-refractivity contribution in [2.75, 3.05) is 159 Å². The molecule has 4 saturated heterocycles. The molecule has 2 saturated carbocycles. The first-order chi connectivity index (χ1) is 72.4. The Kier molecular flexibility index (Phi) is 37.0. The number of carbonyl (C=O) groups excluding carboxylic acids is 4. The quantitative estimate of drug-likeness (QED) is 0.0355. The van der Waals surface area contributed by atoms with Crippen LogP contribution in [0.25, 0.3) is 55.0 Å². The van der Waals surface area contributed by atoms with Crippen LogP contribution in [0.15, 0.2) is 206 Å². The number of ketones is 3. The minimum absolute atomic E-state index is 0.0496. The third-order valence-corrected chi connectivity index (χ3v) is 32.7. The van der Waals surface area contributed by atoms with E-state index in [0.717, 1.165) is 278 Å². The summed E-state index contributed by atoms with van der Waals surface area (Å²) in [5.74, 6) is 5.07. The number of carbonyl (C=O) groups is 4. The van der Waals surface area contributed by atoms with Gasteiger partial charge in [-0.15, -0.1) is 22.7 Å². The van der Waals surface area contributed by atoms with Crippen molar-refractivity contribution < 1.29 is 42.9 Å². The molecule has 0 amide bonds. The van der Waals surface area contributed by atoms with Gasteiger partial charge >= 0.3 is 5.97 Å². The van der Waals surface area contributed by atoms with Crippen LogP contribution in [0.4, 0.5) is 22.7 Å². The van der Waals surface area contributed by atoms with Crippen LogP contribution < -0.4 is 38.5 Å². The maximum atomic E-state index is 12.3. The van der Waals surface area contributed by atoms with Gasteiger partial charge in [-0.2, -0.15) is 10.2 Å². The summed E-state index contributed by atoms with van der Waals surface area (Å²) < 4.78 is 33.3. The lowest BCUT2D eigenvalue weighted by atomic mass is 9.86. The average molecular weight is 2050 g/mol. The third kappa shape index (κ3) is 27.2. The number of benzene rings is 6. The second-order valence-corrected chi connectivity index (χ2v) is 44.0. The van der Waals surface area contributed by atoms with E-state index in [9.17, 15) is 19.2 Å². The second kappa shape index (κ2) is 51.2. The summed E-state index contributed by atoms with van der Waals surface area (Å²) in [6.07, 6.45) is 30.8. The average Bonchev–Trinajstić information content (AvgIpc) is 1.73. The number of thiazole rings is 2. The van der Waals surface area contributed by atoms with Crippen LogP contribution in [-0.2, 0) is 37.0 Å². The van der Waals surface area contributed by atoms with E-state index in [4.69, 9.17) is 63.8 Å². The number of methoxy groups -OCH3 is 3. The lowest BCUT2D eigenvalue weighted by Crippen LogP contribution is -2.35. The maximum Gasteiger partial charge on any atom is 0.311 e. The first-order valence-corrected chi connectivity index (χ1v) is 55.7. The number of fused-ring (bicyclic) bond motifs is 4. The number of anilines is 4. The third-order valence-electron chi connectivity index (χ3n) is 30.6. The van der Waals surface area contributed by atoms with E-state index in [1.807, 2.05) is 147 Å². The smallest absolute Gasteiger partial charge is 0.311 e. The number of hydrogen-bond acceptors (Lipinski definition) is 27. The second-order valence-electron chi connectivity index (χ2n) is 42.2. The van der Waals surface area contributed by atoms with Gasteiger partial charge in [0.2, 0.25) is 0 Å². The molecule has 0 bridgehead atoms. The topological polar surface area (TPSA) is 253 Å². The molecule has 6 aromatic carbocycles. The first-order valence-electron chi connectivity index (χ1n) is 53.9. The number of aromatic nitrogens is 10. The zero-order chi connectivity index (χ0) is 104. The van der Waals surface area contributed by atoms with Gasteiger partial charge in [0, 0.05) is 217 Å². The molecule has 14 aromatic rings. The molecular weight excluding hydrogens is 1900 g/mol. The van der Waals surface area contributed by atoms with Gasteiger partial charge in [-0.1, -0.05) is 113 Å². The van der Waals surface area contributed by atoms with Crippen LogP contribution in [-0.4, -0.2) is 232 Å². The van der Waals surface area contributed by atoms with E-state index in [1.165, 1.54) is 81.3 Å². The molecule has 6 aliphatic rings. The summed E-state index contributed by atoms with van der Waals surface area (Å²) in [5, 5.41) is 21.1. The Morgan fingerprint density at radius 2 is 0.772 bits per heavy atom. The van der Waals surface area contributed by atoms with Gasteiger partial charge in [-0.05, 0) is 221 Å². The Balaban J connectivity index is 0.000000136. The summed E-state index contributed by atoms with van der Waals surface area (Å²) in [7, 11) is 4.89. The number of esters is 1. The van der Waals surface area contributed by atoms with Crippen LogP contribution in [0.2, 0.25) is 0 Å². The molecule has 6 fully saturated rings. The molecule has 27 nitrogen and oxygen atoms in total. The minimum atomic E-state index is -0.617. The highest BCUT2D eigenvalue weighted by molar-refractivity contribution is 7.10. The fraction of sp³-hybridized carbons (Fsp3) is 0.467. The van der Waals surface area contributed by atoms with Crippen LogP contribution >= 0.6 is 22.7 Å². The van der Waals surface area contributed by atoms with Crippen molar-refractivity contribution in [1.82, 2.24) is 69.1 Å². The van der Waals surface area contributed by atoms with E-state index in [1.54, 1.807) is 57.7 Å². The maximum absolute atomic E-state index is 12.3. The van der Waals surface area contributed by atoms with Gasteiger partial charge in [0.1, 0.15) is 63.1 Å². The molecule has 786 valence electrons. The molecule has 149 heavy (non-hydrogen) atoms. The van der Waals surface area contributed by atoms with Gasteiger partial charge < -0.3 is 43.3 Å². The summed E-state index contributed by atoms with van der Waals surface area (Å²) in [4.78, 5) is 97.6. The Morgan fingerprint density at radius 1 is 0.396 bits per heavy atom. The monoisotopic (exact) mass is 2050 g/mol. The highest BCUT2D eigenvalue weighted by atomic mass is 32.1. The molecule has 20 rings (SSSR count). The van der Waals surface area contributed by atoms with E-state index in [-0.39, 0.29) is 35.4 Å². The number of ether oxygens (including phenoxy) is 5. The van der Waals surface area contributed by atoms with E-state index in [0.29, 0.717) is 50.7 Å². The number of para-hydroxylation sites is 2. The van der Waals surface area contributed by atoms with Gasteiger partial charge in [-0.25, -0.2) is 19.3 Å². The van der Waals surface area contributed by atoms with Crippen LogP contribution in [0.1, 0.15) is 232 Å². The largest absolute Gasteiger partial charge is 0.494 e. The molecule has 4 aliphatic heterocycles. The lowest BCUT2D eigenvalue weighted by Gasteiger charge is -2.30. The summed E-state index contributed by atoms with van der Waals surface area (Å²) in [5.41, 5.74) is 15.7. The summed E-state index contributed by atoms with van der Waals surface area (Å²) in [6, 6.07) is 53.6. The lowest BCUT2D eigenvalue weighted by molar-refractivity contribution is -0.151. The predicted molar refractivity (Wildman–Crippen MR) is 600 cm³/mol. The van der Waals surface area contributed by atoms with Crippen LogP contribution in [0.3, 0.4) is 0 Å². The van der Waals surface area contributed by atoms with Crippen molar-refractivity contribution in [3.8, 4) is 34.4 Å². The number of hydrogen-bond donors (Lipinski definition) is 0. The predicted octanol–water partition coefficient (Wildman–Crippen LogP) is 23.2. The van der Waals surface area contributed by atoms with E-state index < -0.39 is 10.8 Å². The number of aryl methyl sites for hydroxylation is 2. The number of Topliss-reactive ketones (excluding diaryl/α,β-unsaturated/α-hetero) is 3. The highest BCUT2D eigenvalue weighted by Gasteiger charge is 2.36. The van der Waals surface area contributed by atoms with Crippen molar-refractivity contribution in [2.45, 2.75) is 215 Å². The van der Waals surface area contributed by atoms with E-state index in [2.05, 4.69) is 149 Å². The Morgan fingerprint density at radius 3 is 1.16 bits per heavy atom. The van der Waals surface area contributed by atoms with Gasteiger partial charge in [0.25, 0.3) is 0 Å². The van der Waals surface area contributed by atoms with Crippen molar-refractivity contribution in [1.29, 1.82) is 0 Å². The van der Waals surface area contributed by atoms with Crippen LogP contribution in [0, 0.1) is 24.7 Å². The van der Waals surface area contributed by atoms with Gasteiger partial charge in [0.15, 0.2) is 0 Å². The Labute approximate surface area is 887 Å². The minimum Gasteiger partial charge on any atom is -0.494 e.